The van der Waals surface area contributed by atoms with Crippen molar-refractivity contribution in [3.63, 3.8) is 0 Å². The minimum atomic E-state index is -0.909. The van der Waals surface area contributed by atoms with E-state index in [1.807, 2.05) is 47.2 Å². The van der Waals surface area contributed by atoms with Crippen LogP contribution < -0.4 is 5.32 Å². The van der Waals surface area contributed by atoms with Crippen molar-refractivity contribution in [1.29, 1.82) is 0 Å². The van der Waals surface area contributed by atoms with Crippen LogP contribution >= 0.6 is 34.3 Å². The molecule has 2 aromatic heterocycles. The van der Waals surface area contributed by atoms with E-state index in [2.05, 4.69) is 10.3 Å². The summed E-state index contributed by atoms with van der Waals surface area (Å²) >= 11 is 8.83. The van der Waals surface area contributed by atoms with Gasteiger partial charge in [0, 0.05) is 33.2 Å². The van der Waals surface area contributed by atoms with E-state index in [1.165, 1.54) is 22.7 Å². The maximum absolute atomic E-state index is 12.3. The summed E-state index contributed by atoms with van der Waals surface area (Å²) in [6.45, 7) is 0.321. The molecule has 3 aromatic rings. The molecule has 0 spiro atoms. The Morgan fingerprint density at radius 3 is 2.59 bits per heavy atom. The molecular weight excluding hydrogens is 404 g/mol. The van der Waals surface area contributed by atoms with Gasteiger partial charge in [-0.2, -0.15) is 0 Å². The molecule has 3 rings (SSSR count). The number of nitrogens with one attached hydrogen (secondary N) is 1. The van der Waals surface area contributed by atoms with Crippen LogP contribution in [0, 0.1) is 0 Å². The van der Waals surface area contributed by atoms with Crippen LogP contribution in [0.25, 0.3) is 11.3 Å². The van der Waals surface area contributed by atoms with Gasteiger partial charge in [-0.15, -0.1) is 22.7 Å². The zero-order valence-electron chi connectivity index (χ0n) is 14.2. The summed E-state index contributed by atoms with van der Waals surface area (Å²) < 4.78 is 0. The topological polar surface area (TPSA) is 79.3 Å². The van der Waals surface area contributed by atoms with Gasteiger partial charge in [0.15, 0.2) is 0 Å². The van der Waals surface area contributed by atoms with Crippen LogP contribution in [0.5, 0.6) is 0 Å². The molecule has 0 saturated carbocycles. The first kappa shape index (κ1) is 19.5. The third-order valence-electron chi connectivity index (χ3n) is 3.93. The molecule has 27 heavy (non-hydrogen) atoms. The molecule has 0 aliphatic rings. The van der Waals surface area contributed by atoms with Crippen molar-refractivity contribution < 1.29 is 14.7 Å². The molecule has 2 heterocycles. The van der Waals surface area contributed by atoms with Crippen molar-refractivity contribution in [3.8, 4) is 11.3 Å². The molecule has 8 heteroatoms. The number of aliphatic carboxylic acids is 1. The quantitative estimate of drug-likeness (QED) is 0.549. The van der Waals surface area contributed by atoms with E-state index < -0.39 is 5.97 Å². The highest BCUT2D eigenvalue weighted by Gasteiger charge is 2.20. The molecule has 5 nitrogen and oxygen atoms in total. The number of thiophene rings is 1. The van der Waals surface area contributed by atoms with Crippen LogP contribution in [0.4, 0.5) is 0 Å². The Morgan fingerprint density at radius 2 is 1.93 bits per heavy atom. The maximum atomic E-state index is 12.3. The van der Waals surface area contributed by atoms with Crippen LogP contribution in [-0.2, 0) is 16.1 Å². The Labute approximate surface area is 169 Å². The third-order valence-corrected chi connectivity index (χ3v) is 6.06. The van der Waals surface area contributed by atoms with Gasteiger partial charge in [0.1, 0.15) is 5.01 Å². The van der Waals surface area contributed by atoms with Crippen LogP contribution in [0.15, 0.2) is 47.2 Å². The van der Waals surface area contributed by atoms with Gasteiger partial charge < -0.3 is 10.4 Å². The standard InChI is InChI=1S/C19H17ClN2O3S2/c20-14-5-3-12(4-6-14)15-11-27-18(22-15)10-21-17(23)8-13(9-19(24)25)16-2-1-7-26-16/h1-7,11,13H,8-10H2,(H,21,23)(H,24,25). The van der Waals surface area contributed by atoms with Crippen molar-refractivity contribution in [1.82, 2.24) is 10.3 Å². The van der Waals surface area contributed by atoms with Gasteiger partial charge in [-0.05, 0) is 23.6 Å². The van der Waals surface area contributed by atoms with Crippen molar-refractivity contribution in [2.75, 3.05) is 0 Å². The zero-order valence-corrected chi connectivity index (χ0v) is 16.6. The van der Waals surface area contributed by atoms with E-state index >= 15 is 0 Å². The molecule has 2 N–H and O–H groups in total. The second-order valence-corrected chi connectivity index (χ2v) is 8.28. The molecule has 0 bridgehead atoms. The lowest BCUT2D eigenvalue weighted by atomic mass is 9.99. The fourth-order valence-corrected chi connectivity index (χ4v) is 4.32. The number of carboxylic acid groups (broad SMARTS) is 1. The molecule has 0 saturated heterocycles. The highest BCUT2D eigenvalue weighted by molar-refractivity contribution is 7.10. The summed E-state index contributed by atoms with van der Waals surface area (Å²) in [6.07, 6.45) is 0.0775. The molecule has 0 radical (unpaired) electrons. The highest BCUT2D eigenvalue weighted by Crippen LogP contribution is 2.28. The summed E-state index contributed by atoms with van der Waals surface area (Å²) in [4.78, 5) is 28.8. The lowest BCUT2D eigenvalue weighted by Crippen LogP contribution is -2.25. The van der Waals surface area contributed by atoms with Crippen molar-refractivity contribution in [2.24, 2.45) is 0 Å². The zero-order chi connectivity index (χ0) is 19.2. The Kier molecular flexibility index (Phi) is 6.60. The molecule has 0 fully saturated rings. The number of aromatic nitrogens is 1. The van der Waals surface area contributed by atoms with Crippen LogP contribution in [0.2, 0.25) is 5.02 Å². The number of halogens is 1. The molecule has 1 aromatic carbocycles. The average Bonchev–Trinajstić information content (AvgIpc) is 3.32. The van der Waals surface area contributed by atoms with Crippen molar-refractivity contribution in [3.05, 3.63) is 62.1 Å². The van der Waals surface area contributed by atoms with Gasteiger partial charge in [-0.1, -0.05) is 29.8 Å². The molecule has 0 aliphatic heterocycles. The summed E-state index contributed by atoms with van der Waals surface area (Å²) in [5, 5.41) is 17.2. The van der Waals surface area contributed by atoms with Crippen LogP contribution in [-0.4, -0.2) is 22.0 Å². The minimum absolute atomic E-state index is 0.0636. The largest absolute Gasteiger partial charge is 0.481 e. The monoisotopic (exact) mass is 420 g/mol. The van der Waals surface area contributed by atoms with E-state index in [1.54, 1.807) is 0 Å². The fourth-order valence-electron chi connectivity index (χ4n) is 2.62. The van der Waals surface area contributed by atoms with Gasteiger partial charge in [-0.3, -0.25) is 9.59 Å². The Morgan fingerprint density at radius 1 is 1.15 bits per heavy atom. The normalized spacial score (nSPS) is 11.9. The Balaban J connectivity index is 1.57. The van der Waals surface area contributed by atoms with E-state index in [4.69, 9.17) is 16.7 Å². The lowest BCUT2D eigenvalue weighted by Gasteiger charge is -2.12. The second kappa shape index (κ2) is 9.12. The van der Waals surface area contributed by atoms with E-state index in [-0.39, 0.29) is 24.7 Å². The summed E-state index contributed by atoms with van der Waals surface area (Å²) in [5.74, 6) is -1.41. The average molecular weight is 421 g/mol. The number of carbonyl (C=O) groups excluding carboxylic acids is 1. The number of amides is 1. The smallest absolute Gasteiger partial charge is 0.304 e. The Bertz CT molecular complexity index is 907. The van der Waals surface area contributed by atoms with Gasteiger partial charge in [-0.25, -0.2) is 4.98 Å². The van der Waals surface area contributed by atoms with E-state index in [0.29, 0.717) is 11.6 Å². The number of benzene rings is 1. The van der Waals surface area contributed by atoms with Crippen LogP contribution in [0.1, 0.15) is 28.6 Å². The fraction of sp³-hybridized carbons (Fsp3) is 0.211. The number of rotatable bonds is 8. The van der Waals surface area contributed by atoms with E-state index in [0.717, 1.165) is 21.1 Å². The van der Waals surface area contributed by atoms with Gasteiger partial charge in [0.2, 0.25) is 5.91 Å². The highest BCUT2D eigenvalue weighted by atomic mass is 35.5. The summed E-state index contributed by atoms with van der Waals surface area (Å²) in [5.41, 5.74) is 1.80. The summed E-state index contributed by atoms with van der Waals surface area (Å²) in [6, 6.07) is 11.1. The number of thiazole rings is 1. The number of nitrogens with zero attached hydrogens (tertiary/aromatic N) is 1. The molecule has 0 aliphatic carbocycles. The van der Waals surface area contributed by atoms with E-state index in [9.17, 15) is 9.59 Å². The maximum Gasteiger partial charge on any atom is 0.304 e. The first-order valence-electron chi connectivity index (χ1n) is 8.23. The predicted octanol–water partition coefficient (Wildman–Crippen LogP) is 4.79. The molecule has 140 valence electrons. The van der Waals surface area contributed by atoms with Gasteiger partial charge in [0.05, 0.1) is 18.7 Å². The molecule has 1 atom stereocenters. The molecular formula is C19H17ClN2O3S2. The van der Waals surface area contributed by atoms with Crippen molar-refractivity contribution in [2.45, 2.75) is 25.3 Å². The van der Waals surface area contributed by atoms with Crippen molar-refractivity contribution >= 4 is 46.2 Å². The first-order valence-corrected chi connectivity index (χ1v) is 10.4. The van der Waals surface area contributed by atoms with Crippen LogP contribution in [0.3, 0.4) is 0 Å². The number of carbonyl (C=O) groups is 2. The first-order chi connectivity index (χ1) is 13.0. The number of hydrogen-bond acceptors (Lipinski definition) is 5. The third kappa shape index (κ3) is 5.63. The second-order valence-electron chi connectivity index (χ2n) is 5.92. The van der Waals surface area contributed by atoms with Gasteiger partial charge >= 0.3 is 5.97 Å². The van der Waals surface area contributed by atoms with Gasteiger partial charge in [0.25, 0.3) is 0 Å². The SMILES string of the molecule is O=C(O)CC(CC(=O)NCc1nc(-c2ccc(Cl)cc2)cs1)c1cccs1. The predicted molar refractivity (Wildman–Crippen MR) is 108 cm³/mol. The summed E-state index contributed by atoms with van der Waals surface area (Å²) in [7, 11) is 0. The minimum Gasteiger partial charge on any atom is -0.481 e. The Hall–Kier alpha value is -2.22. The number of hydrogen-bond donors (Lipinski definition) is 2. The lowest BCUT2D eigenvalue weighted by molar-refractivity contribution is -0.137. The molecule has 1 amide bonds. The number of carboxylic acids is 1. The molecule has 1 unspecified atom stereocenters.